The van der Waals surface area contributed by atoms with Gasteiger partial charge in [0, 0.05) is 27.0 Å². The number of pyridine rings is 1. The fraction of sp³-hybridized carbons (Fsp3) is 0.455. The quantitative estimate of drug-likeness (QED) is 0.767. The number of nitrogens with one attached hydrogen (secondary N) is 1. The topological polar surface area (TPSA) is 60.5 Å². The first kappa shape index (κ1) is 14.5. The maximum Gasteiger partial charge on any atom is 0.254 e. The highest BCUT2D eigenvalue weighted by atomic mass is 19.2. The summed E-state index contributed by atoms with van der Waals surface area (Å²) in [4.78, 5) is 14.7. The van der Waals surface area contributed by atoms with Crippen LogP contribution in [-0.2, 0) is 9.47 Å². The molecule has 0 bridgehead atoms. The number of rotatable bonds is 6. The molecule has 0 spiro atoms. The molecule has 0 aliphatic carbocycles. The number of aromatic nitrogens is 1. The molecule has 0 saturated heterocycles. The summed E-state index contributed by atoms with van der Waals surface area (Å²) < 4.78 is 35.9. The Morgan fingerprint density at radius 2 is 2.22 bits per heavy atom. The lowest BCUT2D eigenvalue weighted by molar-refractivity contribution is 0.0285. The normalized spacial score (nSPS) is 12.2. The number of nitrogens with zero attached hydrogens (tertiary/aromatic N) is 1. The van der Waals surface area contributed by atoms with Crippen LogP contribution >= 0.6 is 0 Å². The Balaban J connectivity index is 2.62. The van der Waals surface area contributed by atoms with Crippen molar-refractivity contribution in [2.24, 2.45) is 0 Å². The Hall–Kier alpha value is -1.60. The Bertz CT molecular complexity index is 415. The van der Waals surface area contributed by atoms with Gasteiger partial charge >= 0.3 is 0 Å². The van der Waals surface area contributed by atoms with E-state index in [4.69, 9.17) is 9.47 Å². The number of halogens is 2. The molecule has 1 atom stereocenters. The van der Waals surface area contributed by atoms with Gasteiger partial charge in [-0.1, -0.05) is 0 Å². The van der Waals surface area contributed by atoms with Gasteiger partial charge in [-0.25, -0.2) is 9.37 Å². The van der Waals surface area contributed by atoms with Gasteiger partial charge in [-0.3, -0.25) is 4.79 Å². The van der Waals surface area contributed by atoms with Crippen molar-refractivity contribution in [3.8, 4) is 0 Å². The van der Waals surface area contributed by atoms with Crippen molar-refractivity contribution in [3.63, 3.8) is 0 Å². The fourth-order valence-electron chi connectivity index (χ4n) is 1.29. The Labute approximate surface area is 103 Å². The fourth-order valence-corrected chi connectivity index (χ4v) is 1.29. The molecule has 0 aromatic carbocycles. The molecule has 1 amide bonds. The van der Waals surface area contributed by atoms with E-state index in [1.54, 1.807) is 0 Å². The van der Waals surface area contributed by atoms with Crippen molar-refractivity contribution in [2.75, 3.05) is 27.4 Å². The van der Waals surface area contributed by atoms with E-state index in [2.05, 4.69) is 10.3 Å². The van der Waals surface area contributed by atoms with Crippen LogP contribution in [-0.4, -0.2) is 44.4 Å². The second-order valence-corrected chi connectivity index (χ2v) is 3.49. The molecule has 7 heteroatoms. The second kappa shape index (κ2) is 6.97. The third-order valence-electron chi connectivity index (χ3n) is 2.27. The Morgan fingerprint density at radius 1 is 1.50 bits per heavy atom. The van der Waals surface area contributed by atoms with E-state index in [1.807, 2.05) is 0 Å². The van der Waals surface area contributed by atoms with E-state index in [0.29, 0.717) is 0 Å². The molecule has 1 unspecified atom stereocenters. The van der Waals surface area contributed by atoms with Gasteiger partial charge in [0.25, 0.3) is 5.91 Å². The molecule has 18 heavy (non-hydrogen) atoms. The standard InChI is InChI=1S/C11H14F2N2O3/c1-17-6-7(18-2)5-15-11(16)8-3-4-14-10(13)9(8)12/h3-4,7H,5-6H2,1-2H3,(H,15,16). The van der Waals surface area contributed by atoms with Crippen molar-refractivity contribution in [3.05, 3.63) is 29.6 Å². The average Bonchev–Trinajstić information content (AvgIpc) is 2.37. The zero-order valence-corrected chi connectivity index (χ0v) is 10.1. The highest BCUT2D eigenvalue weighted by Gasteiger charge is 2.17. The SMILES string of the molecule is COCC(CNC(=O)c1ccnc(F)c1F)OC. The van der Waals surface area contributed by atoms with E-state index in [-0.39, 0.29) is 19.3 Å². The van der Waals surface area contributed by atoms with Gasteiger partial charge in [-0.05, 0) is 6.07 Å². The number of amides is 1. The largest absolute Gasteiger partial charge is 0.382 e. The summed E-state index contributed by atoms with van der Waals surface area (Å²) in [5.41, 5.74) is -0.394. The number of ether oxygens (including phenoxy) is 2. The lowest BCUT2D eigenvalue weighted by atomic mass is 10.2. The molecule has 0 fully saturated rings. The lowest BCUT2D eigenvalue weighted by Crippen LogP contribution is -2.36. The van der Waals surface area contributed by atoms with Crippen LogP contribution in [0.15, 0.2) is 12.3 Å². The molecular formula is C11H14F2N2O3. The second-order valence-electron chi connectivity index (χ2n) is 3.49. The predicted octanol–water partition coefficient (Wildman–Crippen LogP) is 0.751. The van der Waals surface area contributed by atoms with E-state index >= 15 is 0 Å². The van der Waals surface area contributed by atoms with Crippen molar-refractivity contribution in [1.82, 2.24) is 10.3 Å². The van der Waals surface area contributed by atoms with Gasteiger partial charge < -0.3 is 14.8 Å². The Kier molecular flexibility index (Phi) is 5.60. The van der Waals surface area contributed by atoms with Gasteiger partial charge in [0.15, 0.2) is 5.82 Å². The van der Waals surface area contributed by atoms with E-state index in [9.17, 15) is 13.6 Å². The molecule has 1 aromatic heterocycles. The number of hydrogen-bond acceptors (Lipinski definition) is 4. The summed E-state index contributed by atoms with van der Waals surface area (Å²) in [6, 6.07) is 1.10. The minimum atomic E-state index is -1.30. The van der Waals surface area contributed by atoms with Crippen LogP contribution in [0.4, 0.5) is 8.78 Å². The summed E-state index contributed by atoms with van der Waals surface area (Å²) >= 11 is 0. The first-order valence-electron chi connectivity index (χ1n) is 5.20. The van der Waals surface area contributed by atoms with Gasteiger partial charge in [-0.15, -0.1) is 0 Å². The first-order chi connectivity index (χ1) is 8.60. The molecule has 1 heterocycles. The lowest BCUT2D eigenvalue weighted by Gasteiger charge is -2.15. The molecule has 0 aliphatic heterocycles. The molecule has 100 valence electrons. The average molecular weight is 260 g/mol. The minimum absolute atomic E-state index is 0.132. The maximum atomic E-state index is 13.3. The summed E-state index contributed by atoms with van der Waals surface area (Å²) in [6.45, 7) is 0.413. The maximum absolute atomic E-state index is 13.3. The van der Waals surface area contributed by atoms with Crippen LogP contribution in [0.2, 0.25) is 0 Å². The Morgan fingerprint density at radius 3 is 2.83 bits per heavy atom. The smallest absolute Gasteiger partial charge is 0.254 e. The van der Waals surface area contributed by atoms with Crippen LogP contribution in [0.3, 0.4) is 0 Å². The number of carbonyl (C=O) groups excluding carboxylic acids is 1. The van der Waals surface area contributed by atoms with Crippen LogP contribution in [0.1, 0.15) is 10.4 Å². The zero-order valence-electron chi connectivity index (χ0n) is 10.1. The van der Waals surface area contributed by atoms with Gasteiger partial charge in [-0.2, -0.15) is 4.39 Å². The van der Waals surface area contributed by atoms with Crippen molar-refractivity contribution in [1.29, 1.82) is 0 Å². The van der Waals surface area contributed by atoms with Gasteiger partial charge in [0.05, 0.1) is 18.3 Å². The van der Waals surface area contributed by atoms with E-state index < -0.39 is 23.2 Å². The third-order valence-corrected chi connectivity index (χ3v) is 2.27. The minimum Gasteiger partial charge on any atom is -0.382 e. The highest BCUT2D eigenvalue weighted by Crippen LogP contribution is 2.08. The third kappa shape index (κ3) is 3.71. The van der Waals surface area contributed by atoms with Crippen molar-refractivity contribution in [2.45, 2.75) is 6.10 Å². The molecular weight excluding hydrogens is 246 g/mol. The monoisotopic (exact) mass is 260 g/mol. The van der Waals surface area contributed by atoms with Crippen LogP contribution < -0.4 is 5.32 Å². The number of methoxy groups -OCH3 is 2. The van der Waals surface area contributed by atoms with E-state index in [0.717, 1.165) is 12.3 Å². The van der Waals surface area contributed by atoms with Gasteiger partial charge in [0.1, 0.15) is 0 Å². The van der Waals surface area contributed by atoms with Crippen LogP contribution in [0, 0.1) is 11.8 Å². The van der Waals surface area contributed by atoms with E-state index in [1.165, 1.54) is 14.2 Å². The van der Waals surface area contributed by atoms with Crippen molar-refractivity contribution >= 4 is 5.91 Å². The van der Waals surface area contributed by atoms with Gasteiger partial charge in [0.2, 0.25) is 5.95 Å². The zero-order chi connectivity index (χ0) is 13.5. The molecule has 1 N–H and O–H groups in total. The summed E-state index contributed by atoms with van der Waals surface area (Å²) in [5.74, 6) is -3.30. The summed E-state index contributed by atoms with van der Waals surface area (Å²) in [7, 11) is 2.95. The number of hydrogen-bond donors (Lipinski definition) is 1. The van der Waals surface area contributed by atoms with Crippen LogP contribution in [0.25, 0.3) is 0 Å². The summed E-state index contributed by atoms with van der Waals surface area (Å²) in [5, 5.41) is 2.42. The molecule has 0 radical (unpaired) electrons. The molecule has 1 rings (SSSR count). The number of carbonyl (C=O) groups is 1. The molecule has 0 saturated carbocycles. The first-order valence-corrected chi connectivity index (χ1v) is 5.20. The highest BCUT2D eigenvalue weighted by molar-refractivity contribution is 5.94. The van der Waals surface area contributed by atoms with Crippen molar-refractivity contribution < 1.29 is 23.0 Å². The summed E-state index contributed by atoms with van der Waals surface area (Å²) in [6.07, 6.45) is 0.671. The molecule has 0 aliphatic rings. The van der Waals surface area contributed by atoms with Crippen LogP contribution in [0.5, 0.6) is 0 Å². The molecule has 1 aromatic rings. The predicted molar refractivity (Wildman–Crippen MR) is 59.2 cm³/mol. The molecule has 5 nitrogen and oxygen atoms in total.